The van der Waals surface area contributed by atoms with E-state index in [9.17, 15) is 4.39 Å². The van der Waals surface area contributed by atoms with Gasteiger partial charge in [0.15, 0.2) is 0 Å². The average molecular weight is 235 g/mol. The Morgan fingerprint density at radius 1 is 1.47 bits per heavy atom. The predicted octanol–water partition coefficient (Wildman–Crippen LogP) is 3.93. The van der Waals surface area contributed by atoms with Gasteiger partial charge in [-0.3, -0.25) is 0 Å². The number of rotatable bonds is 5. The van der Waals surface area contributed by atoms with Crippen molar-refractivity contribution in [3.63, 3.8) is 0 Å². The van der Waals surface area contributed by atoms with E-state index in [1.54, 1.807) is 13.0 Å². The van der Waals surface area contributed by atoms with Crippen LogP contribution in [0.15, 0.2) is 23.8 Å². The van der Waals surface area contributed by atoms with Gasteiger partial charge in [0.05, 0.1) is 0 Å². The molecule has 0 saturated heterocycles. The third kappa shape index (κ3) is 4.31. The zero-order chi connectivity index (χ0) is 12.8. The maximum atomic E-state index is 13.4. The number of hydrogen-bond acceptors (Lipinski definition) is 1. The second-order valence-corrected chi connectivity index (χ2v) is 4.57. The molecule has 0 aliphatic heterocycles. The summed E-state index contributed by atoms with van der Waals surface area (Å²) in [7, 11) is 0. The maximum absolute atomic E-state index is 13.4. The minimum absolute atomic E-state index is 0.138. The monoisotopic (exact) mass is 235 g/mol. The average Bonchev–Trinajstić information content (AvgIpc) is 2.30. The maximum Gasteiger partial charge on any atom is 0.126 e. The first-order valence-electron chi connectivity index (χ1n) is 6.22. The molecule has 0 aliphatic carbocycles. The molecule has 0 aliphatic rings. The minimum atomic E-state index is -0.138. The molecule has 0 spiro atoms. The number of nitrogens with one attached hydrogen (secondary N) is 1. The van der Waals surface area contributed by atoms with Crippen molar-refractivity contribution in [1.82, 2.24) is 5.32 Å². The Balaban J connectivity index is 2.76. The van der Waals surface area contributed by atoms with Crippen molar-refractivity contribution >= 4 is 6.08 Å². The Hall–Kier alpha value is -1.15. The van der Waals surface area contributed by atoms with Gasteiger partial charge in [0, 0.05) is 6.04 Å². The van der Waals surface area contributed by atoms with Crippen LogP contribution in [0.2, 0.25) is 0 Å². The molecule has 0 fully saturated rings. The normalized spacial score (nSPS) is 13.8. The second kappa shape index (κ2) is 6.55. The van der Waals surface area contributed by atoms with Crippen molar-refractivity contribution in [3.8, 4) is 0 Å². The van der Waals surface area contributed by atoms with Crippen LogP contribution in [0.5, 0.6) is 0 Å². The van der Waals surface area contributed by atoms with Crippen molar-refractivity contribution < 1.29 is 4.39 Å². The molecule has 1 aromatic carbocycles. The lowest BCUT2D eigenvalue weighted by molar-refractivity contribution is 0.604. The quantitative estimate of drug-likeness (QED) is 0.815. The number of hydrogen-bond donors (Lipinski definition) is 1. The molecule has 0 heterocycles. The van der Waals surface area contributed by atoms with Crippen LogP contribution in [0.25, 0.3) is 6.08 Å². The van der Waals surface area contributed by atoms with E-state index in [4.69, 9.17) is 0 Å². The molecule has 1 nitrogen and oxygen atoms in total. The highest BCUT2D eigenvalue weighted by molar-refractivity contribution is 5.54. The smallest absolute Gasteiger partial charge is 0.126 e. The first-order valence-corrected chi connectivity index (χ1v) is 6.22. The Morgan fingerprint density at radius 2 is 2.18 bits per heavy atom. The summed E-state index contributed by atoms with van der Waals surface area (Å²) in [6.45, 7) is 9.14. The number of halogens is 1. The van der Waals surface area contributed by atoms with Gasteiger partial charge in [-0.25, -0.2) is 4.39 Å². The Labute approximate surface area is 104 Å². The van der Waals surface area contributed by atoms with E-state index in [-0.39, 0.29) is 5.82 Å². The molecule has 1 N–H and O–H groups in total. The standard InChI is InChI=1S/C15H22FN/c1-5-8-17-13(4)12(3)9-14-7-6-11(2)15(16)10-14/h6-7,9-10,13,17H,5,8H2,1-4H3/b12-9+. The van der Waals surface area contributed by atoms with Gasteiger partial charge < -0.3 is 5.32 Å². The van der Waals surface area contributed by atoms with E-state index >= 15 is 0 Å². The summed E-state index contributed by atoms with van der Waals surface area (Å²) < 4.78 is 13.4. The molecule has 94 valence electrons. The number of benzene rings is 1. The summed E-state index contributed by atoms with van der Waals surface area (Å²) in [5, 5.41) is 3.42. The molecular formula is C15H22FN. The second-order valence-electron chi connectivity index (χ2n) is 4.57. The molecule has 2 heteroatoms. The van der Waals surface area contributed by atoms with Gasteiger partial charge in [-0.15, -0.1) is 0 Å². The third-order valence-electron chi connectivity index (χ3n) is 2.97. The molecule has 17 heavy (non-hydrogen) atoms. The van der Waals surface area contributed by atoms with Crippen LogP contribution in [0.1, 0.15) is 38.3 Å². The van der Waals surface area contributed by atoms with Crippen LogP contribution in [0.3, 0.4) is 0 Å². The van der Waals surface area contributed by atoms with E-state index in [1.165, 1.54) is 5.57 Å². The Bertz CT molecular complexity index is 396. The van der Waals surface area contributed by atoms with Gasteiger partial charge >= 0.3 is 0 Å². The van der Waals surface area contributed by atoms with Crippen LogP contribution in [-0.2, 0) is 0 Å². The molecular weight excluding hydrogens is 213 g/mol. The summed E-state index contributed by atoms with van der Waals surface area (Å²) >= 11 is 0. The fraction of sp³-hybridized carbons (Fsp3) is 0.467. The topological polar surface area (TPSA) is 12.0 Å². The van der Waals surface area contributed by atoms with Crippen LogP contribution in [0.4, 0.5) is 4.39 Å². The highest BCUT2D eigenvalue weighted by Crippen LogP contribution is 2.14. The van der Waals surface area contributed by atoms with E-state index in [0.29, 0.717) is 11.6 Å². The molecule has 1 aromatic rings. The fourth-order valence-corrected chi connectivity index (χ4v) is 1.61. The molecule has 1 rings (SSSR count). The van der Waals surface area contributed by atoms with Gasteiger partial charge in [0.2, 0.25) is 0 Å². The van der Waals surface area contributed by atoms with Gasteiger partial charge in [-0.1, -0.05) is 30.7 Å². The molecule has 0 aromatic heterocycles. The summed E-state index contributed by atoms with van der Waals surface area (Å²) in [5.74, 6) is -0.138. The van der Waals surface area contributed by atoms with Crippen LogP contribution < -0.4 is 5.32 Å². The van der Waals surface area contributed by atoms with E-state index < -0.39 is 0 Å². The summed E-state index contributed by atoms with van der Waals surface area (Å²) in [6.07, 6.45) is 3.16. The van der Waals surface area contributed by atoms with Gasteiger partial charge in [0.1, 0.15) is 5.82 Å². The van der Waals surface area contributed by atoms with Crippen molar-refractivity contribution in [2.45, 2.75) is 40.2 Å². The highest BCUT2D eigenvalue weighted by Gasteiger charge is 2.03. The van der Waals surface area contributed by atoms with Crippen LogP contribution >= 0.6 is 0 Å². The molecule has 0 amide bonds. The first kappa shape index (κ1) is 13.9. The summed E-state index contributed by atoms with van der Waals surface area (Å²) in [4.78, 5) is 0. The van der Waals surface area contributed by atoms with E-state index in [1.807, 2.05) is 18.2 Å². The number of aryl methyl sites for hydroxylation is 1. The lowest BCUT2D eigenvalue weighted by Crippen LogP contribution is -2.27. The zero-order valence-corrected chi connectivity index (χ0v) is 11.2. The molecule has 1 atom stereocenters. The van der Waals surface area contributed by atoms with Crippen molar-refractivity contribution in [2.24, 2.45) is 0 Å². The van der Waals surface area contributed by atoms with Crippen molar-refractivity contribution in [3.05, 3.63) is 40.7 Å². The van der Waals surface area contributed by atoms with Crippen LogP contribution in [0, 0.1) is 12.7 Å². The largest absolute Gasteiger partial charge is 0.311 e. The molecule has 0 saturated carbocycles. The van der Waals surface area contributed by atoms with Crippen molar-refractivity contribution in [1.29, 1.82) is 0 Å². The summed E-state index contributed by atoms with van der Waals surface area (Å²) in [6, 6.07) is 5.69. The lowest BCUT2D eigenvalue weighted by atomic mass is 10.1. The van der Waals surface area contributed by atoms with Gasteiger partial charge in [0.25, 0.3) is 0 Å². The van der Waals surface area contributed by atoms with Gasteiger partial charge in [-0.05, 0) is 50.9 Å². The Kier molecular flexibility index (Phi) is 5.36. The highest BCUT2D eigenvalue weighted by atomic mass is 19.1. The Morgan fingerprint density at radius 3 is 2.76 bits per heavy atom. The van der Waals surface area contributed by atoms with E-state index in [0.717, 1.165) is 18.5 Å². The third-order valence-corrected chi connectivity index (χ3v) is 2.97. The molecule has 0 bridgehead atoms. The van der Waals surface area contributed by atoms with Crippen molar-refractivity contribution in [2.75, 3.05) is 6.54 Å². The fourth-order valence-electron chi connectivity index (χ4n) is 1.61. The zero-order valence-electron chi connectivity index (χ0n) is 11.2. The van der Waals surface area contributed by atoms with Gasteiger partial charge in [-0.2, -0.15) is 0 Å². The molecule has 1 unspecified atom stereocenters. The SMILES string of the molecule is CCCNC(C)/C(C)=C/c1ccc(C)c(F)c1. The lowest BCUT2D eigenvalue weighted by Gasteiger charge is -2.14. The molecule has 0 radical (unpaired) electrons. The van der Waals surface area contributed by atoms with E-state index in [2.05, 4.69) is 26.1 Å². The summed E-state index contributed by atoms with van der Waals surface area (Å²) in [5.41, 5.74) is 2.84. The predicted molar refractivity (Wildman–Crippen MR) is 72.5 cm³/mol. The first-order chi connectivity index (χ1) is 8.04. The minimum Gasteiger partial charge on any atom is -0.311 e. The van der Waals surface area contributed by atoms with Crippen LogP contribution in [-0.4, -0.2) is 12.6 Å².